The fourth-order valence-corrected chi connectivity index (χ4v) is 3.65. The number of nitrogens with one attached hydrogen (secondary N) is 1. The number of carbonyl (C=O) groups is 3. The van der Waals surface area contributed by atoms with E-state index >= 15 is 0 Å². The topological polar surface area (TPSA) is 95.9 Å². The lowest BCUT2D eigenvalue weighted by atomic mass is 10.0. The number of nitrogens with zero attached hydrogens (tertiary/aromatic N) is 1. The smallest absolute Gasteiger partial charge is 0.323 e. The Bertz CT molecular complexity index is 658. The largest absolute Gasteiger partial charge is 0.480 e. The first-order valence-electron chi connectivity index (χ1n) is 9.91. The van der Waals surface area contributed by atoms with Crippen molar-refractivity contribution < 1.29 is 24.2 Å². The fraction of sp³-hybridized carbons (Fsp3) is 0.571. The van der Waals surface area contributed by atoms with Crippen LogP contribution in [0.25, 0.3) is 0 Å². The lowest BCUT2D eigenvalue weighted by Gasteiger charge is -2.32. The van der Waals surface area contributed by atoms with Gasteiger partial charge < -0.3 is 14.7 Å². The Labute approximate surface area is 166 Å². The molecular formula is C21H30N2O5. The molecule has 0 heterocycles. The van der Waals surface area contributed by atoms with Gasteiger partial charge in [0, 0.05) is 6.04 Å². The number of amides is 1. The molecule has 154 valence electrons. The Morgan fingerprint density at radius 3 is 2.43 bits per heavy atom. The zero-order valence-corrected chi connectivity index (χ0v) is 16.6. The number of esters is 1. The van der Waals surface area contributed by atoms with Crippen molar-refractivity contribution in [1.82, 2.24) is 10.2 Å². The summed E-state index contributed by atoms with van der Waals surface area (Å²) in [6.45, 7) is 3.31. The Morgan fingerprint density at radius 1 is 1.21 bits per heavy atom. The Morgan fingerprint density at radius 2 is 1.86 bits per heavy atom. The van der Waals surface area contributed by atoms with Gasteiger partial charge in [0.2, 0.25) is 5.91 Å². The van der Waals surface area contributed by atoms with E-state index in [1.54, 1.807) is 13.8 Å². The lowest BCUT2D eigenvalue weighted by molar-refractivity contribution is -0.149. The molecule has 2 atom stereocenters. The molecule has 1 fully saturated rings. The number of benzene rings is 1. The van der Waals surface area contributed by atoms with Gasteiger partial charge in [0.1, 0.15) is 12.6 Å². The van der Waals surface area contributed by atoms with Gasteiger partial charge in [0.25, 0.3) is 0 Å². The van der Waals surface area contributed by atoms with E-state index in [4.69, 9.17) is 4.74 Å². The molecule has 2 rings (SSSR count). The van der Waals surface area contributed by atoms with Crippen molar-refractivity contribution in [3.05, 3.63) is 35.9 Å². The molecule has 0 saturated heterocycles. The molecule has 1 aromatic carbocycles. The van der Waals surface area contributed by atoms with E-state index in [2.05, 4.69) is 5.32 Å². The minimum absolute atomic E-state index is 0.0680. The summed E-state index contributed by atoms with van der Waals surface area (Å²) < 4.78 is 5.04. The fourth-order valence-electron chi connectivity index (χ4n) is 3.65. The molecule has 2 N–H and O–H groups in total. The highest BCUT2D eigenvalue weighted by Crippen LogP contribution is 2.24. The highest BCUT2D eigenvalue weighted by molar-refractivity contribution is 5.87. The summed E-state index contributed by atoms with van der Waals surface area (Å²) >= 11 is 0. The van der Waals surface area contributed by atoms with Crippen molar-refractivity contribution in [2.24, 2.45) is 0 Å². The van der Waals surface area contributed by atoms with Crippen LogP contribution in [0.5, 0.6) is 0 Å². The van der Waals surface area contributed by atoms with Crippen LogP contribution in [0.3, 0.4) is 0 Å². The predicted octanol–water partition coefficient (Wildman–Crippen LogP) is 1.99. The number of hydrogen-bond donors (Lipinski definition) is 2. The zero-order chi connectivity index (χ0) is 20.5. The van der Waals surface area contributed by atoms with Crippen LogP contribution in [0, 0.1) is 0 Å². The molecule has 1 aliphatic carbocycles. The van der Waals surface area contributed by atoms with E-state index in [0.717, 1.165) is 31.2 Å². The van der Waals surface area contributed by atoms with Crippen molar-refractivity contribution in [3.63, 3.8) is 0 Å². The summed E-state index contributed by atoms with van der Waals surface area (Å²) in [4.78, 5) is 38.2. The summed E-state index contributed by atoms with van der Waals surface area (Å²) in [5.74, 6) is -1.74. The third-order valence-electron chi connectivity index (χ3n) is 5.03. The molecule has 7 nitrogen and oxygen atoms in total. The van der Waals surface area contributed by atoms with Crippen LogP contribution in [0.1, 0.15) is 45.1 Å². The SMILES string of the molecule is CCOC(=O)C(C)N[C@@H](Cc1ccccc1)C(=O)N(CC(=O)O)C1CCCC1. The molecule has 1 unspecified atom stereocenters. The second-order valence-corrected chi connectivity index (χ2v) is 7.18. The molecule has 0 aromatic heterocycles. The van der Waals surface area contributed by atoms with Gasteiger partial charge in [-0.3, -0.25) is 19.7 Å². The van der Waals surface area contributed by atoms with Crippen LogP contribution in [0.4, 0.5) is 0 Å². The normalized spacial score (nSPS) is 16.4. The van der Waals surface area contributed by atoms with E-state index in [1.165, 1.54) is 4.90 Å². The van der Waals surface area contributed by atoms with E-state index in [0.29, 0.717) is 6.42 Å². The summed E-state index contributed by atoms with van der Waals surface area (Å²) in [7, 11) is 0. The average molecular weight is 390 g/mol. The van der Waals surface area contributed by atoms with Crippen molar-refractivity contribution in [2.45, 2.75) is 64.1 Å². The van der Waals surface area contributed by atoms with Crippen LogP contribution in [0.15, 0.2) is 30.3 Å². The number of aliphatic carboxylic acids is 1. The van der Waals surface area contributed by atoms with Gasteiger partial charge in [-0.1, -0.05) is 43.2 Å². The van der Waals surface area contributed by atoms with Crippen molar-refractivity contribution in [2.75, 3.05) is 13.2 Å². The molecule has 1 aliphatic rings. The Balaban J connectivity index is 2.22. The minimum atomic E-state index is -1.03. The lowest BCUT2D eigenvalue weighted by Crippen LogP contribution is -2.55. The first-order valence-corrected chi connectivity index (χ1v) is 9.91. The molecular weight excluding hydrogens is 360 g/mol. The highest BCUT2D eigenvalue weighted by atomic mass is 16.5. The monoisotopic (exact) mass is 390 g/mol. The quantitative estimate of drug-likeness (QED) is 0.593. The second kappa shape index (κ2) is 10.8. The first-order chi connectivity index (χ1) is 13.4. The van der Waals surface area contributed by atoms with Crippen molar-refractivity contribution in [1.29, 1.82) is 0 Å². The van der Waals surface area contributed by atoms with Gasteiger partial charge in [-0.2, -0.15) is 0 Å². The van der Waals surface area contributed by atoms with Gasteiger partial charge in [-0.05, 0) is 38.7 Å². The van der Waals surface area contributed by atoms with E-state index in [9.17, 15) is 19.5 Å². The number of carboxylic acids is 1. The molecule has 1 amide bonds. The van der Waals surface area contributed by atoms with Crippen LogP contribution < -0.4 is 5.32 Å². The predicted molar refractivity (Wildman–Crippen MR) is 105 cm³/mol. The van der Waals surface area contributed by atoms with E-state index < -0.39 is 24.0 Å². The second-order valence-electron chi connectivity index (χ2n) is 7.18. The van der Waals surface area contributed by atoms with Gasteiger partial charge in [0.15, 0.2) is 0 Å². The van der Waals surface area contributed by atoms with Crippen LogP contribution in [-0.4, -0.2) is 59.1 Å². The van der Waals surface area contributed by atoms with Crippen LogP contribution in [0.2, 0.25) is 0 Å². The van der Waals surface area contributed by atoms with Crippen molar-refractivity contribution >= 4 is 17.8 Å². The number of ether oxygens (including phenoxy) is 1. The maximum absolute atomic E-state index is 13.3. The molecule has 1 aromatic rings. The van der Waals surface area contributed by atoms with Gasteiger partial charge >= 0.3 is 11.9 Å². The molecule has 0 spiro atoms. The summed E-state index contributed by atoms with van der Waals surface area (Å²) in [5.41, 5.74) is 0.936. The molecule has 0 radical (unpaired) electrons. The molecule has 0 aliphatic heterocycles. The van der Waals surface area contributed by atoms with Gasteiger partial charge in [-0.25, -0.2) is 0 Å². The maximum Gasteiger partial charge on any atom is 0.323 e. The number of hydrogen-bond acceptors (Lipinski definition) is 5. The molecule has 0 bridgehead atoms. The first kappa shape index (κ1) is 21.9. The highest BCUT2D eigenvalue weighted by Gasteiger charge is 2.34. The molecule has 1 saturated carbocycles. The van der Waals surface area contributed by atoms with Crippen LogP contribution >= 0.6 is 0 Å². The third-order valence-corrected chi connectivity index (χ3v) is 5.03. The standard InChI is InChI=1S/C21H30N2O5/c1-3-28-21(27)15(2)22-18(13-16-9-5-4-6-10-16)20(26)23(14-19(24)25)17-11-7-8-12-17/h4-6,9-10,15,17-18,22H,3,7-8,11-14H2,1-2H3,(H,24,25)/t15?,18-/m0/s1. The third kappa shape index (κ3) is 6.34. The zero-order valence-electron chi connectivity index (χ0n) is 16.6. The van der Waals surface area contributed by atoms with E-state index in [1.807, 2.05) is 30.3 Å². The minimum Gasteiger partial charge on any atom is -0.480 e. The Kier molecular flexibility index (Phi) is 8.44. The van der Waals surface area contributed by atoms with Crippen LogP contribution in [-0.2, 0) is 25.5 Å². The Hall–Kier alpha value is -2.41. The molecule has 7 heteroatoms. The summed E-state index contributed by atoms with van der Waals surface area (Å²) in [5, 5.41) is 12.4. The van der Waals surface area contributed by atoms with E-state index in [-0.39, 0.29) is 25.1 Å². The summed E-state index contributed by atoms with van der Waals surface area (Å²) in [6, 6.07) is 8.04. The van der Waals surface area contributed by atoms with Crippen molar-refractivity contribution in [3.8, 4) is 0 Å². The number of carbonyl (C=O) groups excluding carboxylic acids is 2. The average Bonchev–Trinajstić information content (AvgIpc) is 3.20. The number of rotatable bonds is 10. The number of carboxylic acid groups (broad SMARTS) is 1. The molecule has 28 heavy (non-hydrogen) atoms. The van der Waals surface area contributed by atoms with Gasteiger partial charge in [-0.15, -0.1) is 0 Å². The van der Waals surface area contributed by atoms with Gasteiger partial charge in [0.05, 0.1) is 12.6 Å². The summed E-state index contributed by atoms with van der Waals surface area (Å²) in [6.07, 6.45) is 3.97. The maximum atomic E-state index is 13.3.